The molecule has 0 radical (unpaired) electrons. The van der Waals surface area contributed by atoms with Gasteiger partial charge in [0.2, 0.25) is 11.8 Å². The molecule has 133 heavy (non-hydrogen) atoms. The summed E-state index contributed by atoms with van der Waals surface area (Å²) in [4.78, 5) is 24.5. The summed E-state index contributed by atoms with van der Waals surface area (Å²) in [6, 6.07) is 157. The zero-order valence-electron chi connectivity index (χ0n) is 72.4. The zero-order valence-corrected chi connectivity index (χ0v) is 81.3. The average molecular weight is 2020 g/mol. The summed E-state index contributed by atoms with van der Waals surface area (Å²) in [5.74, 6) is 0.387. The molecule has 20 heteroatoms. The fourth-order valence-electron chi connectivity index (χ4n) is 18.0. The first-order chi connectivity index (χ1) is 64.4. The van der Waals surface area contributed by atoms with Crippen molar-refractivity contribution in [1.82, 2.24) is 10.6 Å². The maximum absolute atomic E-state index is 12.6. The van der Waals surface area contributed by atoms with Crippen molar-refractivity contribution in [3.8, 4) is 5.75 Å². The van der Waals surface area contributed by atoms with E-state index in [4.69, 9.17) is 46.4 Å². The van der Waals surface area contributed by atoms with Crippen LogP contribution in [0.4, 0.5) is 13.2 Å². The number of alkyl halides is 3. The molecule has 0 spiro atoms. The number of nitrogens with one attached hydrogen (secondary N) is 2. The molecule has 4 aliphatic rings. The number of fused-ring (bicyclic) bond motifs is 2. The number of rotatable bonds is 18. The smallest absolute Gasteiger partial charge is 0.376 e. The minimum atomic E-state index is -5.80. The quantitative estimate of drug-likeness (QED) is 0.0386. The van der Waals surface area contributed by atoms with Crippen molar-refractivity contribution in [2.24, 2.45) is 23.7 Å². The van der Waals surface area contributed by atoms with Crippen LogP contribution in [0.3, 0.4) is 0 Å². The summed E-state index contributed by atoms with van der Waals surface area (Å²) >= 11 is 25.0. The normalized spacial score (nSPS) is 17.5. The van der Waals surface area contributed by atoms with Gasteiger partial charge in [0.15, 0.2) is 0 Å². The molecule has 0 unspecified atom stereocenters. The maximum atomic E-state index is 12.6. The monoisotopic (exact) mass is 2020 g/mol. The molecule has 2 N–H and O–H groups in total. The number of carbonyl (C=O) groups excluding carboxylic acids is 2. The minimum absolute atomic E-state index is 0. The number of amides is 2. The molecule has 7 nitrogen and oxygen atoms in total. The van der Waals surface area contributed by atoms with Gasteiger partial charge in [-0.05, 0) is 215 Å². The van der Waals surface area contributed by atoms with E-state index in [9.17, 15) is 31.2 Å². The predicted molar refractivity (Wildman–Crippen MR) is 551 cm³/mol. The maximum Gasteiger partial charge on any atom is 0.534 e. The van der Waals surface area contributed by atoms with Crippen molar-refractivity contribution in [2.45, 2.75) is 54.9 Å². The van der Waals surface area contributed by atoms with Crippen LogP contribution in [0.2, 0.25) is 20.1 Å². The van der Waals surface area contributed by atoms with Gasteiger partial charge in [-0.15, -0.1) is 0 Å². The Morgan fingerprint density at radius 3 is 0.722 bits per heavy atom. The van der Waals surface area contributed by atoms with Gasteiger partial charge in [0.25, 0.3) is 0 Å². The molecule has 0 aromatic heterocycles. The molecule has 2 amide bonds. The van der Waals surface area contributed by atoms with E-state index in [-0.39, 0.29) is 72.8 Å². The Balaban J connectivity index is 0.000000130. The number of hydrogen-bond acceptors (Lipinski definition) is 5. The molecule has 2 aliphatic heterocycles. The van der Waals surface area contributed by atoms with Crippen LogP contribution in [0.1, 0.15) is 71.6 Å². The van der Waals surface area contributed by atoms with Gasteiger partial charge in [0.1, 0.15) is 5.75 Å². The van der Waals surface area contributed by atoms with Gasteiger partial charge < -0.3 is 14.8 Å². The second-order valence-corrected chi connectivity index (χ2v) is 44.2. The SMILES string of the molecule is O=C1NC[C@H]2[C@@H](c3ccc(Cl)cc3)[C@H](c3ccc(OS(=O)(=O)C(F)(F)F)cc3Cl)CC[C@@H]12.O=C1NC[C@H]2[C@@H](c3ccc(Cl)cc3)[C@H](c3ccccc3Cl)CC[C@@H]12.[Pd].c1ccc(P(c2ccccc2)c2ccccc2)cc1.c1ccc(P(c2ccccc2)c2ccccc2)cc1.c1ccc(P(c2ccccc2)c2ccccc2)cc1.c1ccc(P(c2ccccc2)c2ccccc2)cc1. The van der Waals surface area contributed by atoms with E-state index in [1.165, 1.54) is 80.8 Å². The summed E-state index contributed by atoms with van der Waals surface area (Å²) in [6.07, 6.45) is 3.17. The zero-order chi connectivity index (χ0) is 91.6. The van der Waals surface area contributed by atoms with Crippen LogP contribution in [0, 0.1) is 23.7 Å². The summed E-state index contributed by atoms with van der Waals surface area (Å²) in [7, 11) is -7.58. The minimum Gasteiger partial charge on any atom is -0.376 e. The molecule has 16 aromatic carbocycles. The topological polar surface area (TPSA) is 102 Å². The molecular weight excluding hydrogens is 1930 g/mol. The van der Waals surface area contributed by atoms with Gasteiger partial charge in [-0.2, -0.15) is 21.6 Å². The number of benzene rings is 16. The van der Waals surface area contributed by atoms with Gasteiger partial charge in [-0.3, -0.25) is 9.59 Å². The van der Waals surface area contributed by atoms with E-state index in [0.29, 0.717) is 41.8 Å². The van der Waals surface area contributed by atoms with Gasteiger partial charge in [-0.25, -0.2) is 0 Å². The third-order valence-electron chi connectivity index (χ3n) is 23.9. The molecule has 4 fully saturated rings. The standard InChI is InChI=1S/C21H18Cl2F3NO4S.C20H19Cl2NO.4C18H15P.Pd/c22-12-3-1-11(2-4-12)19-15(7-8-16-17(19)10-27-20(16)28)14-6-5-13(9-18(14)23)31-32(29,30)21(24,25)26;21-13-7-5-12(6-8-13)19-15(14-3-1-2-4-18(14)22)9-10-16-17(19)11-23-20(16)24;4*1-4-10-16(11-5-1)19(17-12-6-2-7-13-17)18-14-8-3-9-15-18;/h1-6,9,15-17,19H,7-8,10H2,(H,27,28);1-8,15-17,19H,9-11H2,(H,23,24);4*1-15H;/t2*15-,16+,17+,19-;;;;;/m00...../s1. The Bertz CT molecular complexity index is 5570. The largest absolute Gasteiger partial charge is 0.534 e. The fraction of sp³-hybridized carbons (Fsp3) is 0.133. The molecule has 2 aliphatic carbocycles. The van der Waals surface area contributed by atoms with Crippen molar-refractivity contribution in [1.29, 1.82) is 0 Å². The van der Waals surface area contributed by atoms with E-state index >= 15 is 0 Å². The van der Waals surface area contributed by atoms with Crippen LogP contribution < -0.4 is 78.5 Å². The fourth-order valence-corrected chi connectivity index (χ4v) is 28.6. The van der Waals surface area contributed by atoms with Gasteiger partial charge in [0, 0.05) is 71.5 Å². The van der Waals surface area contributed by atoms with E-state index in [1.807, 2.05) is 42.5 Å². The van der Waals surface area contributed by atoms with Crippen molar-refractivity contribution in [2.75, 3.05) is 13.1 Å². The summed E-state index contributed by atoms with van der Waals surface area (Å²) in [5, 5.41) is 25.0. The summed E-state index contributed by atoms with van der Waals surface area (Å²) in [5.41, 5.74) is -1.48. The second kappa shape index (κ2) is 48.6. The van der Waals surface area contributed by atoms with E-state index in [1.54, 1.807) is 12.1 Å². The van der Waals surface area contributed by atoms with Crippen molar-refractivity contribution in [3.05, 3.63) is 497 Å². The Hall–Kier alpha value is -10.5. The first kappa shape index (κ1) is 98.5. The number of halogens is 7. The molecule has 2 saturated carbocycles. The molecule has 20 rings (SSSR count). The first-order valence-electron chi connectivity index (χ1n) is 43.8. The van der Waals surface area contributed by atoms with Crippen LogP contribution in [-0.2, 0) is 40.1 Å². The Morgan fingerprint density at radius 2 is 0.496 bits per heavy atom. The average Bonchev–Trinajstić information content (AvgIpc) is 1.70. The van der Waals surface area contributed by atoms with Crippen molar-refractivity contribution < 1.29 is 55.8 Å². The molecule has 16 aromatic rings. The van der Waals surface area contributed by atoms with E-state index < -0.39 is 53.1 Å². The van der Waals surface area contributed by atoms with Gasteiger partial charge in [0.05, 0.1) is 0 Å². The Morgan fingerprint density at radius 1 is 0.278 bits per heavy atom. The van der Waals surface area contributed by atoms with Gasteiger partial charge >= 0.3 is 15.6 Å². The molecule has 0 bridgehead atoms. The number of hydrogen-bond donors (Lipinski definition) is 2. The Kier molecular flexibility index (Phi) is 36.0. The van der Waals surface area contributed by atoms with Crippen molar-refractivity contribution in [3.63, 3.8) is 0 Å². The molecule has 674 valence electrons. The van der Waals surface area contributed by atoms with Gasteiger partial charge in [-0.1, -0.05) is 459 Å². The van der Waals surface area contributed by atoms with Crippen LogP contribution in [0.15, 0.2) is 455 Å². The van der Waals surface area contributed by atoms with Crippen LogP contribution in [0.25, 0.3) is 0 Å². The van der Waals surface area contributed by atoms with Crippen LogP contribution in [-0.4, -0.2) is 38.8 Å². The molecule has 2 heterocycles. The molecule has 8 atom stereocenters. The molecular formula is C113H97Cl4F3N2O5P4PdS. The number of carbonyl (C=O) groups is 2. The third-order valence-corrected chi connectivity index (χ3v) is 35.9. The third kappa shape index (κ3) is 25.8. The predicted octanol–water partition coefficient (Wildman–Crippen LogP) is 24.0. The van der Waals surface area contributed by atoms with Crippen LogP contribution >= 0.6 is 78.1 Å². The Labute approximate surface area is 817 Å². The van der Waals surface area contributed by atoms with E-state index in [2.05, 4.69) is 397 Å². The second-order valence-electron chi connectivity index (χ2n) is 32.1. The summed E-state index contributed by atoms with van der Waals surface area (Å²) < 4.78 is 64.7. The summed E-state index contributed by atoms with van der Waals surface area (Å²) in [6.45, 7) is 1.26. The first-order valence-corrected chi connectivity index (χ1v) is 52.1. The molecule has 2 saturated heterocycles. The van der Waals surface area contributed by atoms with Crippen LogP contribution in [0.5, 0.6) is 5.75 Å². The van der Waals surface area contributed by atoms with Crippen molar-refractivity contribution >= 4 is 164 Å². The van der Waals surface area contributed by atoms with E-state index in [0.717, 1.165) is 47.1 Å².